The fraction of sp³-hybridized carbons (Fsp3) is 0.647. The maximum atomic E-state index is 13.7. The van der Waals surface area contributed by atoms with Crippen LogP contribution in [0, 0.1) is 5.82 Å². The summed E-state index contributed by atoms with van der Waals surface area (Å²) in [6.07, 6.45) is 7.54. The van der Waals surface area contributed by atoms with Gasteiger partial charge in [-0.15, -0.1) is 0 Å². The fourth-order valence-electron chi connectivity index (χ4n) is 3.78. The third-order valence-electron chi connectivity index (χ3n) is 4.92. The van der Waals surface area contributed by atoms with Gasteiger partial charge in [-0.25, -0.2) is 4.39 Å². The second kappa shape index (κ2) is 6.23. The van der Waals surface area contributed by atoms with E-state index in [4.69, 9.17) is 0 Å². The number of nitrogens with zero attached hydrogens (tertiary/aromatic N) is 1. The molecule has 0 unspecified atom stereocenters. The maximum Gasteiger partial charge on any atom is 0.126 e. The fourth-order valence-corrected chi connectivity index (χ4v) is 3.78. The van der Waals surface area contributed by atoms with Crippen LogP contribution in [0.3, 0.4) is 0 Å². The molecule has 1 aromatic rings. The van der Waals surface area contributed by atoms with Crippen molar-refractivity contribution in [2.45, 2.75) is 44.1 Å². The van der Waals surface area contributed by atoms with Crippen molar-refractivity contribution in [2.24, 2.45) is 0 Å². The molecule has 20 heavy (non-hydrogen) atoms. The Balaban J connectivity index is 1.56. The quantitative estimate of drug-likeness (QED) is 0.913. The summed E-state index contributed by atoms with van der Waals surface area (Å²) in [5.74, 6) is -0.0602. The first-order valence-electron chi connectivity index (χ1n) is 7.98. The van der Waals surface area contributed by atoms with Crippen molar-refractivity contribution < 1.29 is 4.39 Å². The van der Waals surface area contributed by atoms with Crippen molar-refractivity contribution in [2.75, 3.05) is 26.2 Å². The third kappa shape index (κ3) is 3.21. The zero-order valence-corrected chi connectivity index (χ0v) is 12.2. The minimum Gasteiger partial charge on any atom is -0.309 e. The molecule has 0 aromatic heterocycles. The highest BCUT2D eigenvalue weighted by atomic mass is 19.1. The highest BCUT2D eigenvalue weighted by molar-refractivity contribution is 5.17. The van der Waals surface area contributed by atoms with E-state index >= 15 is 0 Å². The molecule has 1 saturated carbocycles. The number of benzene rings is 1. The molecule has 1 aliphatic heterocycles. The Bertz CT molecular complexity index is 435. The molecule has 0 amide bonds. The summed E-state index contributed by atoms with van der Waals surface area (Å²) in [6.45, 7) is 4.29. The van der Waals surface area contributed by atoms with Crippen LogP contribution in [0.5, 0.6) is 0 Å². The SMILES string of the molecule is Fc1ccccc1CCN1CCNC2(CCCCC2)C1. The molecule has 2 fully saturated rings. The average Bonchev–Trinajstić information content (AvgIpc) is 2.47. The minimum atomic E-state index is -0.0602. The van der Waals surface area contributed by atoms with Crippen LogP contribution >= 0.6 is 0 Å². The van der Waals surface area contributed by atoms with Crippen LogP contribution in [-0.2, 0) is 6.42 Å². The molecule has 3 heteroatoms. The lowest BCUT2D eigenvalue weighted by atomic mass is 9.80. The number of rotatable bonds is 3. The molecule has 1 aliphatic carbocycles. The van der Waals surface area contributed by atoms with Crippen molar-refractivity contribution in [3.8, 4) is 0 Å². The van der Waals surface area contributed by atoms with Crippen LogP contribution in [0.4, 0.5) is 4.39 Å². The average molecular weight is 276 g/mol. The molecule has 2 nitrogen and oxygen atoms in total. The highest BCUT2D eigenvalue weighted by Crippen LogP contribution is 2.30. The summed E-state index contributed by atoms with van der Waals surface area (Å²) >= 11 is 0. The molecule has 2 aliphatic rings. The molecule has 110 valence electrons. The van der Waals surface area contributed by atoms with Crippen LogP contribution in [-0.4, -0.2) is 36.6 Å². The van der Waals surface area contributed by atoms with E-state index in [2.05, 4.69) is 10.2 Å². The van der Waals surface area contributed by atoms with Gasteiger partial charge in [0, 0.05) is 31.7 Å². The molecule has 1 N–H and O–H groups in total. The second-order valence-electron chi connectivity index (χ2n) is 6.39. The van der Waals surface area contributed by atoms with E-state index in [9.17, 15) is 4.39 Å². The zero-order valence-electron chi connectivity index (χ0n) is 12.2. The molecular weight excluding hydrogens is 251 g/mol. The van der Waals surface area contributed by atoms with Crippen molar-refractivity contribution in [3.63, 3.8) is 0 Å². The van der Waals surface area contributed by atoms with Crippen molar-refractivity contribution in [1.82, 2.24) is 10.2 Å². The third-order valence-corrected chi connectivity index (χ3v) is 4.92. The maximum absolute atomic E-state index is 13.7. The lowest BCUT2D eigenvalue weighted by Gasteiger charge is -2.46. The molecule has 1 heterocycles. The molecule has 0 radical (unpaired) electrons. The molecule has 1 spiro atoms. The van der Waals surface area contributed by atoms with Crippen molar-refractivity contribution >= 4 is 0 Å². The van der Waals surface area contributed by atoms with E-state index in [-0.39, 0.29) is 5.82 Å². The van der Waals surface area contributed by atoms with Crippen molar-refractivity contribution in [1.29, 1.82) is 0 Å². The Kier molecular flexibility index (Phi) is 4.37. The van der Waals surface area contributed by atoms with Gasteiger partial charge in [-0.3, -0.25) is 4.90 Å². The molecule has 3 rings (SSSR count). The Morgan fingerprint density at radius 3 is 2.75 bits per heavy atom. The number of piperazine rings is 1. The van der Waals surface area contributed by atoms with Crippen LogP contribution in [0.15, 0.2) is 24.3 Å². The Morgan fingerprint density at radius 2 is 1.95 bits per heavy atom. The zero-order chi connectivity index (χ0) is 13.8. The molecule has 0 atom stereocenters. The Labute approximate surface area is 121 Å². The largest absolute Gasteiger partial charge is 0.309 e. The molecule has 1 saturated heterocycles. The highest BCUT2D eigenvalue weighted by Gasteiger charge is 2.35. The number of hydrogen-bond donors (Lipinski definition) is 1. The molecular formula is C17H25FN2. The van der Waals surface area contributed by atoms with E-state index < -0.39 is 0 Å². The molecule has 0 bridgehead atoms. The Hall–Kier alpha value is -0.930. The van der Waals surface area contributed by atoms with Gasteiger partial charge in [0.1, 0.15) is 5.82 Å². The van der Waals surface area contributed by atoms with Crippen LogP contribution < -0.4 is 5.32 Å². The van der Waals surface area contributed by atoms with E-state index in [1.165, 1.54) is 32.1 Å². The topological polar surface area (TPSA) is 15.3 Å². The summed E-state index contributed by atoms with van der Waals surface area (Å²) < 4.78 is 13.7. The minimum absolute atomic E-state index is 0.0602. The van der Waals surface area contributed by atoms with Crippen LogP contribution in [0.2, 0.25) is 0 Å². The van der Waals surface area contributed by atoms with Crippen LogP contribution in [0.25, 0.3) is 0 Å². The van der Waals surface area contributed by atoms with Gasteiger partial charge < -0.3 is 5.32 Å². The van der Waals surface area contributed by atoms with Gasteiger partial charge in [0.25, 0.3) is 0 Å². The van der Waals surface area contributed by atoms with Crippen LogP contribution in [0.1, 0.15) is 37.7 Å². The van der Waals surface area contributed by atoms with Gasteiger partial charge >= 0.3 is 0 Å². The van der Waals surface area contributed by atoms with Gasteiger partial charge in [-0.05, 0) is 30.9 Å². The monoisotopic (exact) mass is 276 g/mol. The smallest absolute Gasteiger partial charge is 0.126 e. The first-order chi connectivity index (χ1) is 9.77. The predicted molar refractivity (Wildman–Crippen MR) is 80.4 cm³/mol. The lowest BCUT2D eigenvalue weighted by Crippen LogP contribution is -2.61. The number of halogens is 1. The summed E-state index contributed by atoms with van der Waals surface area (Å²) in [5, 5.41) is 3.76. The van der Waals surface area contributed by atoms with E-state index in [0.717, 1.165) is 38.2 Å². The second-order valence-corrected chi connectivity index (χ2v) is 6.39. The standard InChI is InChI=1S/C17H25FN2/c18-16-7-3-2-6-15(16)8-12-20-13-11-19-17(14-20)9-4-1-5-10-17/h2-3,6-7,19H,1,4-5,8-14H2. The summed E-state index contributed by atoms with van der Waals surface area (Å²) in [4.78, 5) is 2.52. The van der Waals surface area contributed by atoms with E-state index in [1.54, 1.807) is 12.1 Å². The van der Waals surface area contributed by atoms with Gasteiger partial charge in [-0.2, -0.15) is 0 Å². The first kappa shape index (κ1) is 14.0. The van der Waals surface area contributed by atoms with Gasteiger partial charge in [-0.1, -0.05) is 37.5 Å². The van der Waals surface area contributed by atoms with Gasteiger partial charge in [0.15, 0.2) is 0 Å². The Morgan fingerprint density at radius 1 is 1.15 bits per heavy atom. The van der Waals surface area contributed by atoms with E-state index in [0.29, 0.717) is 5.54 Å². The number of hydrogen-bond acceptors (Lipinski definition) is 2. The van der Waals surface area contributed by atoms with Gasteiger partial charge in [0.05, 0.1) is 0 Å². The number of nitrogens with one attached hydrogen (secondary N) is 1. The predicted octanol–water partition coefficient (Wildman–Crippen LogP) is 2.98. The lowest BCUT2D eigenvalue weighted by molar-refractivity contribution is 0.100. The summed E-state index contributed by atoms with van der Waals surface area (Å²) in [5.41, 5.74) is 1.20. The summed E-state index contributed by atoms with van der Waals surface area (Å²) in [7, 11) is 0. The summed E-state index contributed by atoms with van der Waals surface area (Å²) in [6, 6.07) is 7.17. The first-order valence-corrected chi connectivity index (χ1v) is 7.98. The van der Waals surface area contributed by atoms with Crippen molar-refractivity contribution in [3.05, 3.63) is 35.6 Å². The van der Waals surface area contributed by atoms with Gasteiger partial charge in [0.2, 0.25) is 0 Å². The normalized spacial score (nSPS) is 23.1. The molecule has 1 aromatic carbocycles. The van der Waals surface area contributed by atoms with E-state index in [1.807, 2.05) is 12.1 Å².